The van der Waals surface area contributed by atoms with Gasteiger partial charge in [0.05, 0.1) is 33.0 Å². The molecule has 1 heterocycles. The summed E-state index contributed by atoms with van der Waals surface area (Å²) < 4.78 is 1.73. The number of hydrogen-bond acceptors (Lipinski definition) is 3. The first-order valence-electron chi connectivity index (χ1n) is 11.4. The molecule has 0 spiro atoms. The molecule has 3 aromatic rings. The quantitative estimate of drug-likeness (QED) is 0.402. The minimum atomic E-state index is -0.459. The number of primary amides is 1. The fourth-order valence-corrected chi connectivity index (χ4v) is 5.34. The monoisotopic (exact) mass is 497 g/mol. The molecule has 176 valence electrons. The Hall–Kier alpha value is -3.03. The van der Waals surface area contributed by atoms with E-state index in [0.29, 0.717) is 28.9 Å². The predicted octanol–water partition coefficient (Wildman–Crippen LogP) is 6.00. The summed E-state index contributed by atoms with van der Waals surface area (Å²) in [5.74, 6) is 0.273. The Bertz CT molecular complexity index is 1270. The molecule has 0 bridgehead atoms. The van der Waals surface area contributed by atoms with Crippen molar-refractivity contribution in [1.82, 2.24) is 9.78 Å². The van der Waals surface area contributed by atoms with Crippen molar-refractivity contribution >= 4 is 46.6 Å². The Morgan fingerprint density at radius 2 is 1.82 bits per heavy atom. The molecule has 3 amide bonds. The van der Waals surface area contributed by atoms with Gasteiger partial charge in [-0.3, -0.25) is 10.1 Å². The van der Waals surface area contributed by atoms with Crippen LogP contribution in [-0.2, 0) is 11.2 Å². The minimum Gasteiger partial charge on any atom is -0.369 e. The van der Waals surface area contributed by atoms with E-state index in [2.05, 4.69) is 10.6 Å². The molecular formula is C25H25Cl2N5O2. The van der Waals surface area contributed by atoms with Gasteiger partial charge in [0.15, 0.2) is 0 Å². The first-order valence-corrected chi connectivity index (χ1v) is 12.2. The Labute approximate surface area is 207 Å². The maximum Gasteiger partial charge on any atom is 0.324 e. The summed E-state index contributed by atoms with van der Waals surface area (Å²) >= 11 is 12.3. The van der Waals surface area contributed by atoms with Gasteiger partial charge < -0.3 is 11.1 Å². The fraction of sp³-hybridized carbons (Fsp3) is 0.320. The van der Waals surface area contributed by atoms with Crippen LogP contribution in [0.5, 0.6) is 0 Å². The summed E-state index contributed by atoms with van der Waals surface area (Å²) in [6.45, 7) is 0. The van der Waals surface area contributed by atoms with Crippen LogP contribution in [-0.4, -0.2) is 21.7 Å². The van der Waals surface area contributed by atoms with Crippen molar-refractivity contribution in [2.45, 2.75) is 50.4 Å². The number of fused-ring (bicyclic) bond motifs is 1. The summed E-state index contributed by atoms with van der Waals surface area (Å²) in [4.78, 5) is 24.8. The van der Waals surface area contributed by atoms with E-state index in [1.165, 1.54) is 12.8 Å². The van der Waals surface area contributed by atoms with E-state index in [1.807, 2.05) is 24.3 Å². The first-order chi connectivity index (χ1) is 16.4. The molecular weight excluding hydrogens is 473 g/mol. The molecule has 0 saturated heterocycles. The molecule has 1 unspecified atom stereocenters. The second-order valence-electron chi connectivity index (χ2n) is 8.90. The van der Waals surface area contributed by atoms with Crippen molar-refractivity contribution in [3.05, 3.63) is 69.3 Å². The number of hydrogen-bond donors (Lipinski definition) is 3. The number of halogens is 2. The van der Waals surface area contributed by atoms with E-state index in [-0.39, 0.29) is 16.8 Å². The standard InChI is InChI=1S/C25H25Cl2N5O2/c26-19-6-3-7-20(23(19)27)29-25(34)30-22-13-21(15-4-1-2-5-15)31-32(22)16-10-8-14-9-11-17(24(28)33)18(14)12-16/h3,6-8,10,12-13,15,17H,1-2,4-5,9,11H2,(H2,28,33)(H2,29,30,34). The number of anilines is 2. The van der Waals surface area contributed by atoms with E-state index >= 15 is 0 Å². The van der Waals surface area contributed by atoms with Crippen LogP contribution in [0.3, 0.4) is 0 Å². The summed E-state index contributed by atoms with van der Waals surface area (Å²) in [5, 5.41) is 11.1. The van der Waals surface area contributed by atoms with Crippen LogP contribution in [0.1, 0.15) is 60.8 Å². The third-order valence-corrected chi connectivity index (χ3v) is 7.56. The van der Waals surface area contributed by atoms with E-state index < -0.39 is 6.03 Å². The van der Waals surface area contributed by atoms with Gasteiger partial charge >= 0.3 is 6.03 Å². The molecule has 2 aromatic carbocycles. The smallest absolute Gasteiger partial charge is 0.324 e. The largest absolute Gasteiger partial charge is 0.369 e. The van der Waals surface area contributed by atoms with Crippen LogP contribution >= 0.6 is 23.2 Å². The highest BCUT2D eigenvalue weighted by molar-refractivity contribution is 6.44. The number of nitrogens with two attached hydrogens (primary N) is 1. The van der Waals surface area contributed by atoms with Crippen molar-refractivity contribution in [2.75, 3.05) is 10.6 Å². The Morgan fingerprint density at radius 1 is 1.03 bits per heavy atom. The number of carbonyl (C=O) groups excluding carboxylic acids is 2. The first kappa shape index (κ1) is 22.7. The number of benzene rings is 2. The van der Waals surface area contributed by atoms with Crippen LogP contribution in [0.15, 0.2) is 42.5 Å². The van der Waals surface area contributed by atoms with Crippen LogP contribution in [0.2, 0.25) is 10.0 Å². The number of aromatic nitrogens is 2. The van der Waals surface area contributed by atoms with Gasteiger partial charge in [0.25, 0.3) is 0 Å². The zero-order valence-corrected chi connectivity index (χ0v) is 20.0. The molecule has 2 aliphatic carbocycles. The topological polar surface area (TPSA) is 102 Å². The predicted molar refractivity (Wildman–Crippen MR) is 134 cm³/mol. The third kappa shape index (κ3) is 4.38. The number of nitrogens with zero attached hydrogens (tertiary/aromatic N) is 2. The summed E-state index contributed by atoms with van der Waals surface area (Å²) in [5.41, 5.74) is 9.82. The minimum absolute atomic E-state index is 0.274. The molecule has 7 nitrogen and oxygen atoms in total. The highest BCUT2D eigenvalue weighted by Gasteiger charge is 2.28. The number of carbonyl (C=O) groups is 2. The molecule has 0 aliphatic heterocycles. The molecule has 5 rings (SSSR count). The van der Waals surface area contributed by atoms with Gasteiger partial charge in [-0.05, 0) is 61.1 Å². The lowest BCUT2D eigenvalue weighted by molar-refractivity contribution is -0.119. The average molecular weight is 498 g/mol. The lowest BCUT2D eigenvalue weighted by Crippen LogP contribution is -2.22. The Morgan fingerprint density at radius 3 is 2.59 bits per heavy atom. The van der Waals surface area contributed by atoms with Gasteiger partial charge in [-0.2, -0.15) is 5.10 Å². The highest BCUT2D eigenvalue weighted by atomic mass is 35.5. The third-order valence-electron chi connectivity index (χ3n) is 6.74. The van der Waals surface area contributed by atoms with Crippen LogP contribution < -0.4 is 16.4 Å². The van der Waals surface area contributed by atoms with Crippen LogP contribution in [0, 0.1) is 0 Å². The van der Waals surface area contributed by atoms with Crippen molar-refractivity contribution < 1.29 is 9.59 Å². The van der Waals surface area contributed by atoms with E-state index in [4.69, 9.17) is 34.0 Å². The number of aryl methyl sites for hydroxylation is 1. The van der Waals surface area contributed by atoms with E-state index in [9.17, 15) is 9.59 Å². The molecule has 1 fully saturated rings. The number of amides is 3. The second kappa shape index (κ2) is 9.31. The molecule has 2 aliphatic rings. The van der Waals surface area contributed by atoms with Gasteiger partial charge in [-0.1, -0.05) is 48.2 Å². The Kier molecular flexibility index (Phi) is 6.23. The fourth-order valence-electron chi connectivity index (χ4n) is 4.99. The van der Waals surface area contributed by atoms with Gasteiger partial charge in [-0.15, -0.1) is 0 Å². The lowest BCUT2D eigenvalue weighted by atomic mass is 10.0. The van der Waals surface area contributed by atoms with Crippen molar-refractivity contribution in [2.24, 2.45) is 5.73 Å². The van der Waals surface area contributed by atoms with Gasteiger partial charge in [-0.25, -0.2) is 9.48 Å². The SMILES string of the molecule is NC(=O)C1CCc2ccc(-n3nc(C4CCCC4)cc3NC(=O)Nc3cccc(Cl)c3Cl)cc21. The lowest BCUT2D eigenvalue weighted by Gasteiger charge is -2.13. The zero-order chi connectivity index (χ0) is 23.8. The normalized spacial score (nSPS) is 17.5. The average Bonchev–Trinajstić information content (AvgIpc) is 3.55. The summed E-state index contributed by atoms with van der Waals surface area (Å²) in [6, 6.07) is 12.5. The number of rotatable bonds is 5. The van der Waals surface area contributed by atoms with Gasteiger partial charge in [0, 0.05) is 12.0 Å². The van der Waals surface area contributed by atoms with Crippen molar-refractivity contribution in [3.8, 4) is 5.69 Å². The molecule has 1 atom stereocenters. The van der Waals surface area contributed by atoms with E-state index in [0.717, 1.165) is 41.8 Å². The second-order valence-corrected chi connectivity index (χ2v) is 9.69. The molecule has 0 radical (unpaired) electrons. The number of urea groups is 1. The van der Waals surface area contributed by atoms with Crippen LogP contribution in [0.4, 0.5) is 16.3 Å². The zero-order valence-electron chi connectivity index (χ0n) is 18.5. The molecule has 4 N–H and O–H groups in total. The van der Waals surface area contributed by atoms with Gasteiger partial charge in [0.1, 0.15) is 5.82 Å². The number of nitrogens with one attached hydrogen (secondary N) is 2. The molecule has 34 heavy (non-hydrogen) atoms. The molecule has 1 aromatic heterocycles. The van der Waals surface area contributed by atoms with Crippen LogP contribution in [0.25, 0.3) is 5.69 Å². The summed E-state index contributed by atoms with van der Waals surface area (Å²) in [7, 11) is 0. The Balaban J connectivity index is 1.48. The maximum absolute atomic E-state index is 12.9. The van der Waals surface area contributed by atoms with Crippen molar-refractivity contribution in [3.63, 3.8) is 0 Å². The molecule has 9 heteroatoms. The van der Waals surface area contributed by atoms with Crippen molar-refractivity contribution in [1.29, 1.82) is 0 Å². The van der Waals surface area contributed by atoms with Gasteiger partial charge in [0.2, 0.25) is 5.91 Å². The van der Waals surface area contributed by atoms with E-state index in [1.54, 1.807) is 22.9 Å². The highest BCUT2D eigenvalue weighted by Crippen LogP contribution is 2.37. The summed E-state index contributed by atoms with van der Waals surface area (Å²) in [6.07, 6.45) is 6.04. The maximum atomic E-state index is 12.9. The molecule has 1 saturated carbocycles.